The molecule has 2 N–H and O–H groups in total. The fourth-order valence-corrected chi connectivity index (χ4v) is 0.273. The Bertz CT molecular complexity index is 105. The Kier molecular flexibility index (Phi) is 3.92. The Balaban J connectivity index is 3.46. The summed E-state index contributed by atoms with van der Waals surface area (Å²) in [6, 6.07) is 0. The Morgan fingerprint density at radius 1 is 1.71 bits per heavy atom. The van der Waals surface area contributed by atoms with E-state index in [0.29, 0.717) is 4.50 Å². The third kappa shape index (κ3) is 5.84. The number of nitrogens with two attached hydrogens (primary N) is 1. The van der Waals surface area contributed by atoms with Gasteiger partial charge in [-0.2, -0.15) is 0 Å². The molecule has 0 unspecified atom stereocenters. The Labute approximate surface area is 51.5 Å². The van der Waals surface area contributed by atoms with E-state index in [1.54, 1.807) is 12.2 Å². The maximum absolute atomic E-state index is 5.18. The van der Waals surface area contributed by atoms with E-state index in [0.717, 1.165) is 0 Å². The van der Waals surface area contributed by atoms with Crippen molar-refractivity contribution in [2.75, 3.05) is 0 Å². The van der Waals surface area contributed by atoms with Crippen LogP contribution in [0.5, 0.6) is 0 Å². The van der Waals surface area contributed by atoms with Gasteiger partial charge in [-0.1, -0.05) is 0 Å². The second-order valence-corrected chi connectivity index (χ2v) is 1.69. The van der Waals surface area contributed by atoms with Crippen LogP contribution in [0.15, 0.2) is 18.2 Å². The summed E-state index contributed by atoms with van der Waals surface area (Å²) in [4.78, 5) is 0. The number of hydrogen-bond donors (Lipinski definition) is 1. The first kappa shape index (κ1) is 6.84. The molecule has 0 saturated heterocycles. The molecular formula is C5H6CrN-. The summed E-state index contributed by atoms with van der Waals surface area (Å²) in [7, 11) is 0. The topological polar surface area (TPSA) is 26.0 Å². The van der Waals surface area contributed by atoms with Crippen molar-refractivity contribution in [3.8, 4) is 0 Å². The molecule has 38 valence electrons. The Morgan fingerprint density at radius 3 is 2.43 bits per heavy atom. The molecule has 0 saturated carbocycles. The van der Waals surface area contributed by atoms with Crippen molar-refractivity contribution in [3.63, 3.8) is 0 Å². The molecule has 0 aliphatic carbocycles. The van der Waals surface area contributed by atoms with E-state index in [9.17, 15) is 0 Å². The Hall–Kier alpha value is -0.158. The number of rotatable bonds is 2. The number of hydrogen-bond acceptors (Lipinski definition) is 1. The van der Waals surface area contributed by atoms with Gasteiger partial charge in [-0.3, -0.25) is 0 Å². The van der Waals surface area contributed by atoms with Gasteiger partial charge in [0.1, 0.15) is 0 Å². The molecular weight excluding hydrogens is 126 g/mol. The molecule has 2 heteroatoms. The SMILES string of the molecule is [CH-]=C/C=C\[C](N)=[Cr]. The van der Waals surface area contributed by atoms with E-state index in [4.69, 9.17) is 12.3 Å². The molecule has 0 fully saturated rings. The fourth-order valence-electron chi connectivity index (χ4n) is 0.150. The molecule has 0 aromatic heterocycles. The van der Waals surface area contributed by atoms with E-state index in [2.05, 4.69) is 15.9 Å². The molecule has 1 nitrogen and oxygen atoms in total. The van der Waals surface area contributed by atoms with Crippen molar-refractivity contribution in [1.29, 1.82) is 0 Å². The predicted molar refractivity (Wildman–Crippen MR) is 27.2 cm³/mol. The second-order valence-electron chi connectivity index (χ2n) is 0.954. The zero-order chi connectivity index (χ0) is 5.70. The molecule has 0 aliphatic heterocycles. The van der Waals surface area contributed by atoms with Crippen LogP contribution in [0.2, 0.25) is 0 Å². The summed E-state index contributed by atoms with van der Waals surface area (Å²) >= 11 is 2.61. The van der Waals surface area contributed by atoms with E-state index in [-0.39, 0.29) is 0 Å². The zero-order valence-electron chi connectivity index (χ0n) is 3.79. The third-order valence-corrected chi connectivity index (χ3v) is 0.584. The normalized spacial score (nSPS) is 9.29. The van der Waals surface area contributed by atoms with Crippen LogP contribution in [0.4, 0.5) is 0 Å². The van der Waals surface area contributed by atoms with Crippen LogP contribution in [-0.2, 0) is 15.9 Å². The monoisotopic (exact) mass is 132 g/mol. The first-order valence-corrected chi connectivity index (χ1v) is 2.42. The van der Waals surface area contributed by atoms with Gasteiger partial charge in [0, 0.05) is 0 Å². The minimum absolute atomic E-state index is 0.640. The maximum atomic E-state index is 5.18. The van der Waals surface area contributed by atoms with E-state index in [1.807, 2.05) is 0 Å². The summed E-state index contributed by atoms with van der Waals surface area (Å²) in [5.41, 5.74) is 5.18. The molecule has 0 aromatic rings. The van der Waals surface area contributed by atoms with Crippen LogP contribution in [0.25, 0.3) is 0 Å². The van der Waals surface area contributed by atoms with E-state index < -0.39 is 0 Å². The molecule has 0 spiro atoms. The van der Waals surface area contributed by atoms with E-state index >= 15 is 0 Å². The first-order valence-electron chi connectivity index (χ1n) is 1.78. The average Bonchev–Trinajstić information content (AvgIpc) is 1.61. The average molecular weight is 132 g/mol. The van der Waals surface area contributed by atoms with Gasteiger partial charge < -0.3 is 0 Å². The van der Waals surface area contributed by atoms with Crippen molar-refractivity contribution in [3.05, 3.63) is 24.8 Å². The molecule has 0 amide bonds. The Morgan fingerprint density at radius 2 is 2.29 bits per heavy atom. The first-order chi connectivity index (χ1) is 3.27. The standard InChI is InChI=1S/C5H6N.Cr/c1-2-3-4-5-6;/h1-4H,6H2;/q-1;/b4-3-;. The van der Waals surface area contributed by atoms with Crippen LogP contribution in [0.3, 0.4) is 0 Å². The predicted octanol–water partition coefficient (Wildman–Crippen LogP) is 0.167. The summed E-state index contributed by atoms with van der Waals surface area (Å²) in [6.07, 6.45) is 4.76. The van der Waals surface area contributed by atoms with Crippen molar-refractivity contribution in [2.45, 2.75) is 0 Å². The summed E-state index contributed by atoms with van der Waals surface area (Å²) in [5, 5.41) is 0. The van der Waals surface area contributed by atoms with Gasteiger partial charge in [0.2, 0.25) is 0 Å². The van der Waals surface area contributed by atoms with Gasteiger partial charge >= 0.3 is 50.9 Å². The van der Waals surface area contributed by atoms with Crippen LogP contribution in [0, 0.1) is 6.58 Å². The molecule has 0 bridgehead atoms. The van der Waals surface area contributed by atoms with Crippen LogP contribution in [0.1, 0.15) is 0 Å². The quantitative estimate of drug-likeness (QED) is 0.420. The third-order valence-electron chi connectivity index (χ3n) is 0.372. The molecule has 0 radical (unpaired) electrons. The van der Waals surface area contributed by atoms with Gasteiger partial charge in [0.05, 0.1) is 0 Å². The summed E-state index contributed by atoms with van der Waals surface area (Å²) < 4.78 is 0.640. The number of allylic oxidation sites excluding steroid dienone is 2. The van der Waals surface area contributed by atoms with Crippen LogP contribution < -0.4 is 5.73 Å². The summed E-state index contributed by atoms with van der Waals surface area (Å²) in [6.45, 7) is 4.98. The van der Waals surface area contributed by atoms with Crippen molar-refractivity contribution in [2.24, 2.45) is 5.73 Å². The van der Waals surface area contributed by atoms with Crippen molar-refractivity contribution < 1.29 is 15.9 Å². The zero-order valence-corrected chi connectivity index (χ0v) is 5.07. The molecule has 0 aliphatic rings. The molecule has 0 aromatic carbocycles. The summed E-state index contributed by atoms with van der Waals surface area (Å²) in [5.74, 6) is 0. The van der Waals surface area contributed by atoms with Gasteiger partial charge in [-0.15, -0.1) is 0 Å². The van der Waals surface area contributed by atoms with Gasteiger partial charge in [-0.25, -0.2) is 0 Å². The van der Waals surface area contributed by atoms with Gasteiger partial charge in [0.25, 0.3) is 0 Å². The molecule has 0 rings (SSSR count). The van der Waals surface area contributed by atoms with Crippen LogP contribution >= 0.6 is 0 Å². The molecule has 0 atom stereocenters. The van der Waals surface area contributed by atoms with Gasteiger partial charge in [-0.05, 0) is 0 Å². The fraction of sp³-hybridized carbons (Fsp3) is 0. The van der Waals surface area contributed by atoms with Gasteiger partial charge in [0.15, 0.2) is 0 Å². The van der Waals surface area contributed by atoms with Crippen molar-refractivity contribution >= 4 is 4.50 Å². The van der Waals surface area contributed by atoms with E-state index in [1.165, 1.54) is 6.08 Å². The van der Waals surface area contributed by atoms with Crippen molar-refractivity contribution in [1.82, 2.24) is 0 Å². The molecule has 7 heavy (non-hydrogen) atoms. The minimum atomic E-state index is 0.640. The van der Waals surface area contributed by atoms with Crippen LogP contribution in [-0.4, -0.2) is 4.50 Å². The second kappa shape index (κ2) is 4.01. The molecule has 0 heterocycles.